The maximum Gasteiger partial charge on any atom is 0.253 e. The Bertz CT molecular complexity index is 900. The minimum absolute atomic E-state index is 0.247. The number of hydrogen-bond acceptors (Lipinski definition) is 3. The van der Waals surface area contributed by atoms with Gasteiger partial charge in [0.15, 0.2) is 0 Å². The van der Waals surface area contributed by atoms with Gasteiger partial charge in [-0.25, -0.2) is 4.39 Å². The lowest BCUT2D eigenvalue weighted by Gasteiger charge is -2.10. The predicted molar refractivity (Wildman–Crippen MR) is 101 cm³/mol. The fraction of sp³-hybridized carbons (Fsp3) is 0.100. The minimum Gasteiger partial charge on any atom is -0.380 e. The number of carbonyl (C=O) groups excluding carboxylic acids is 1. The van der Waals surface area contributed by atoms with E-state index >= 15 is 0 Å². The van der Waals surface area contributed by atoms with Gasteiger partial charge in [0.2, 0.25) is 0 Å². The second-order valence-corrected chi connectivity index (χ2v) is 6.12. The van der Waals surface area contributed by atoms with Crippen molar-refractivity contribution >= 4 is 23.2 Å². The molecule has 0 atom stereocenters. The lowest BCUT2D eigenvalue weighted by Crippen LogP contribution is -2.23. The van der Waals surface area contributed by atoms with Crippen molar-refractivity contribution in [1.82, 2.24) is 10.3 Å². The molecule has 132 valence electrons. The highest BCUT2D eigenvalue weighted by atomic mass is 35.5. The molecule has 1 heterocycles. The molecule has 0 saturated carbocycles. The zero-order chi connectivity index (χ0) is 18.4. The largest absolute Gasteiger partial charge is 0.380 e. The van der Waals surface area contributed by atoms with Crippen molar-refractivity contribution in [3.05, 3.63) is 94.5 Å². The van der Waals surface area contributed by atoms with Gasteiger partial charge in [0.1, 0.15) is 5.82 Å². The molecule has 0 spiro atoms. The molecule has 0 aliphatic rings. The van der Waals surface area contributed by atoms with Gasteiger partial charge in [-0.2, -0.15) is 0 Å². The molecular weight excluding hydrogens is 353 g/mol. The second-order valence-electron chi connectivity index (χ2n) is 5.72. The molecule has 1 amide bonds. The van der Waals surface area contributed by atoms with Crippen LogP contribution < -0.4 is 10.6 Å². The molecule has 1 aromatic heterocycles. The quantitative estimate of drug-likeness (QED) is 0.676. The third kappa shape index (κ3) is 4.80. The average Bonchev–Trinajstić information content (AvgIpc) is 2.67. The summed E-state index contributed by atoms with van der Waals surface area (Å²) in [4.78, 5) is 16.4. The van der Waals surface area contributed by atoms with E-state index in [2.05, 4.69) is 15.6 Å². The number of benzene rings is 2. The van der Waals surface area contributed by atoms with Crippen LogP contribution >= 0.6 is 11.6 Å². The molecule has 6 heteroatoms. The third-order valence-electron chi connectivity index (χ3n) is 3.81. The van der Waals surface area contributed by atoms with Crippen molar-refractivity contribution in [2.45, 2.75) is 13.1 Å². The molecular formula is C20H17ClFN3O. The Hall–Kier alpha value is -2.92. The van der Waals surface area contributed by atoms with Crippen molar-refractivity contribution in [2.75, 3.05) is 5.32 Å². The topological polar surface area (TPSA) is 54.0 Å². The van der Waals surface area contributed by atoms with Crippen molar-refractivity contribution in [3.63, 3.8) is 0 Å². The first-order valence-corrected chi connectivity index (χ1v) is 8.44. The van der Waals surface area contributed by atoms with E-state index in [1.165, 1.54) is 18.3 Å². The highest BCUT2D eigenvalue weighted by Gasteiger charge is 2.07. The summed E-state index contributed by atoms with van der Waals surface area (Å²) in [6.07, 6.45) is 3.15. The number of rotatable bonds is 6. The maximum absolute atomic E-state index is 12.9. The second kappa shape index (κ2) is 8.45. The van der Waals surface area contributed by atoms with Crippen LogP contribution in [0.3, 0.4) is 0 Å². The van der Waals surface area contributed by atoms with E-state index in [9.17, 15) is 9.18 Å². The number of anilines is 1. The molecule has 0 bridgehead atoms. The highest BCUT2D eigenvalue weighted by Crippen LogP contribution is 2.17. The molecule has 0 aliphatic heterocycles. The monoisotopic (exact) mass is 369 g/mol. The lowest BCUT2D eigenvalue weighted by atomic mass is 10.2. The van der Waals surface area contributed by atoms with Gasteiger partial charge < -0.3 is 10.6 Å². The summed E-state index contributed by atoms with van der Waals surface area (Å²) in [5, 5.41) is 6.68. The molecule has 0 saturated heterocycles. The number of carbonyl (C=O) groups is 1. The van der Waals surface area contributed by atoms with Crippen LogP contribution in [0.15, 0.2) is 67.0 Å². The summed E-state index contributed by atoms with van der Waals surface area (Å²) in [7, 11) is 0. The molecule has 2 aromatic carbocycles. The predicted octanol–water partition coefficient (Wildman–Crippen LogP) is 4.42. The Balaban J connectivity index is 1.60. The summed E-state index contributed by atoms with van der Waals surface area (Å²) in [5.41, 5.74) is 2.94. The summed E-state index contributed by atoms with van der Waals surface area (Å²) < 4.78 is 12.9. The first-order chi connectivity index (χ1) is 12.6. The van der Waals surface area contributed by atoms with E-state index < -0.39 is 0 Å². The Morgan fingerprint density at radius 3 is 2.58 bits per heavy atom. The van der Waals surface area contributed by atoms with Gasteiger partial charge in [0.05, 0.1) is 11.3 Å². The minimum atomic E-state index is -0.304. The van der Waals surface area contributed by atoms with Crippen molar-refractivity contribution in [2.24, 2.45) is 0 Å². The summed E-state index contributed by atoms with van der Waals surface area (Å²) in [6, 6.07) is 15.3. The van der Waals surface area contributed by atoms with Gasteiger partial charge in [-0.3, -0.25) is 9.78 Å². The van der Waals surface area contributed by atoms with E-state index in [-0.39, 0.29) is 11.7 Å². The number of hydrogen-bond donors (Lipinski definition) is 2. The molecule has 3 rings (SSSR count). The van der Waals surface area contributed by atoms with Crippen LogP contribution in [0.25, 0.3) is 0 Å². The summed E-state index contributed by atoms with van der Waals surface area (Å²) in [6.45, 7) is 0.846. The Morgan fingerprint density at radius 2 is 1.81 bits per heavy atom. The van der Waals surface area contributed by atoms with Crippen LogP contribution in [0.4, 0.5) is 10.1 Å². The summed E-state index contributed by atoms with van der Waals surface area (Å²) in [5.74, 6) is -0.551. The van der Waals surface area contributed by atoms with E-state index in [4.69, 9.17) is 11.6 Å². The van der Waals surface area contributed by atoms with Gasteiger partial charge in [0, 0.05) is 30.5 Å². The first-order valence-electron chi connectivity index (χ1n) is 8.07. The van der Waals surface area contributed by atoms with Crippen LogP contribution in [-0.2, 0) is 13.1 Å². The number of aromatic nitrogens is 1. The van der Waals surface area contributed by atoms with Crippen molar-refractivity contribution in [3.8, 4) is 0 Å². The Morgan fingerprint density at radius 1 is 1.04 bits per heavy atom. The van der Waals surface area contributed by atoms with Crippen molar-refractivity contribution in [1.29, 1.82) is 0 Å². The van der Waals surface area contributed by atoms with Gasteiger partial charge in [-0.05, 0) is 35.4 Å². The molecule has 2 N–H and O–H groups in total. The highest BCUT2D eigenvalue weighted by molar-refractivity contribution is 6.31. The average molecular weight is 370 g/mol. The van der Waals surface area contributed by atoms with Crippen LogP contribution in [0.1, 0.15) is 21.5 Å². The number of amides is 1. The van der Waals surface area contributed by atoms with E-state index in [0.717, 1.165) is 16.8 Å². The van der Waals surface area contributed by atoms with Gasteiger partial charge in [-0.1, -0.05) is 41.9 Å². The Labute approximate surface area is 156 Å². The maximum atomic E-state index is 12.9. The Kier molecular flexibility index (Phi) is 5.81. The first kappa shape index (κ1) is 17.9. The third-order valence-corrected chi connectivity index (χ3v) is 4.18. The lowest BCUT2D eigenvalue weighted by molar-refractivity contribution is 0.0950. The zero-order valence-electron chi connectivity index (χ0n) is 13.9. The van der Waals surface area contributed by atoms with E-state index in [1.807, 2.05) is 24.3 Å². The number of halogens is 2. The smallest absolute Gasteiger partial charge is 0.253 e. The SMILES string of the molecule is O=C(NCc1ccc(F)cc1)c1cncc(NCc2ccccc2Cl)c1. The van der Waals surface area contributed by atoms with Crippen LogP contribution in [0, 0.1) is 5.82 Å². The molecule has 0 fully saturated rings. The number of pyridine rings is 1. The van der Waals surface area contributed by atoms with Gasteiger partial charge >= 0.3 is 0 Å². The molecule has 0 radical (unpaired) electrons. The molecule has 0 unspecified atom stereocenters. The van der Waals surface area contributed by atoms with Crippen molar-refractivity contribution < 1.29 is 9.18 Å². The van der Waals surface area contributed by atoms with Gasteiger partial charge in [-0.15, -0.1) is 0 Å². The number of nitrogens with one attached hydrogen (secondary N) is 2. The molecule has 0 aliphatic carbocycles. The zero-order valence-corrected chi connectivity index (χ0v) is 14.6. The van der Waals surface area contributed by atoms with E-state index in [1.54, 1.807) is 24.4 Å². The fourth-order valence-electron chi connectivity index (χ4n) is 2.39. The molecule has 3 aromatic rings. The van der Waals surface area contributed by atoms with Crippen LogP contribution in [0.2, 0.25) is 5.02 Å². The number of nitrogens with zero attached hydrogens (tertiary/aromatic N) is 1. The summed E-state index contributed by atoms with van der Waals surface area (Å²) >= 11 is 6.14. The standard InChI is InChI=1S/C20H17ClFN3O/c21-19-4-2-1-3-15(19)12-24-18-9-16(11-23-13-18)20(26)25-10-14-5-7-17(22)8-6-14/h1-9,11,13,24H,10,12H2,(H,25,26). The van der Waals surface area contributed by atoms with Crippen LogP contribution in [0.5, 0.6) is 0 Å². The molecule has 26 heavy (non-hydrogen) atoms. The molecule has 4 nitrogen and oxygen atoms in total. The fourth-order valence-corrected chi connectivity index (χ4v) is 2.59. The van der Waals surface area contributed by atoms with Crippen LogP contribution in [-0.4, -0.2) is 10.9 Å². The normalized spacial score (nSPS) is 10.4. The van der Waals surface area contributed by atoms with Gasteiger partial charge in [0.25, 0.3) is 5.91 Å². The van der Waals surface area contributed by atoms with E-state index in [0.29, 0.717) is 23.7 Å².